The lowest BCUT2D eigenvalue weighted by atomic mass is 10.1. The summed E-state index contributed by atoms with van der Waals surface area (Å²) < 4.78 is 5.16. The largest absolute Gasteiger partial charge is 0.484 e. The molecule has 1 aromatic rings. The quantitative estimate of drug-likeness (QED) is 0.308. The topological polar surface area (TPSA) is 151 Å². The number of ether oxygens (including phenoxy) is 1. The molecule has 0 heterocycles. The van der Waals surface area contributed by atoms with Crippen LogP contribution in [0.1, 0.15) is 38.7 Å². The van der Waals surface area contributed by atoms with Crippen molar-refractivity contribution in [1.82, 2.24) is 15.7 Å². The molecule has 0 aliphatic carbocycles. The first-order valence-electron chi connectivity index (χ1n) is 9.68. The number of urea groups is 1. The Labute approximate surface area is 175 Å². The number of hydroxylamine groups is 2. The van der Waals surface area contributed by atoms with E-state index in [2.05, 4.69) is 10.6 Å². The molecule has 10 nitrogen and oxygen atoms in total. The fourth-order valence-electron chi connectivity index (χ4n) is 2.59. The summed E-state index contributed by atoms with van der Waals surface area (Å²) in [6.07, 6.45) is 1.47. The van der Waals surface area contributed by atoms with Gasteiger partial charge in [0, 0.05) is 19.9 Å². The summed E-state index contributed by atoms with van der Waals surface area (Å²) >= 11 is 0. The van der Waals surface area contributed by atoms with Crippen LogP contribution in [0, 0.1) is 5.92 Å². The first kappa shape index (κ1) is 24.9. The Morgan fingerprint density at radius 1 is 1.17 bits per heavy atom. The number of carbonyl (C=O) groups is 4. The van der Waals surface area contributed by atoms with Crippen LogP contribution in [0.2, 0.25) is 0 Å². The first-order valence-corrected chi connectivity index (χ1v) is 9.68. The zero-order valence-electron chi connectivity index (χ0n) is 17.5. The van der Waals surface area contributed by atoms with Crippen molar-refractivity contribution in [2.75, 3.05) is 13.7 Å². The van der Waals surface area contributed by atoms with Crippen molar-refractivity contribution in [2.45, 2.75) is 45.6 Å². The lowest BCUT2D eigenvalue weighted by molar-refractivity contribution is -0.153. The van der Waals surface area contributed by atoms with Gasteiger partial charge in [-0.25, -0.2) is 4.79 Å². The van der Waals surface area contributed by atoms with Crippen LogP contribution in [0.4, 0.5) is 4.79 Å². The van der Waals surface area contributed by atoms with E-state index in [0.717, 1.165) is 6.42 Å². The van der Waals surface area contributed by atoms with Gasteiger partial charge in [0.2, 0.25) is 5.91 Å². The summed E-state index contributed by atoms with van der Waals surface area (Å²) in [4.78, 5) is 47.1. The average Bonchev–Trinajstić information content (AvgIpc) is 2.70. The van der Waals surface area contributed by atoms with Gasteiger partial charge < -0.3 is 21.1 Å². The van der Waals surface area contributed by atoms with Crippen LogP contribution in [0.5, 0.6) is 5.75 Å². The van der Waals surface area contributed by atoms with Gasteiger partial charge in [0.1, 0.15) is 11.8 Å². The molecule has 0 spiro atoms. The monoisotopic (exact) mass is 422 g/mol. The number of imide groups is 1. The number of hydrogen-bond acceptors (Lipinski definition) is 6. The number of hydrogen-bond donors (Lipinski definition) is 4. The maximum Gasteiger partial charge on any atom is 0.349 e. The summed E-state index contributed by atoms with van der Waals surface area (Å²) in [5, 5.41) is 14.7. The highest BCUT2D eigenvalue weighted by Crippen LogP contribution is 2.14. The zero-order chi connectivity index (χ0) is 22.7. The highest BCUT2D eigenvalue weighted by Gasteiger charge is 2.26. The molecule has 0 saturated heterocycles. The minimum Gasteiger partial charge on any atom is -0.484 e. The highest BCUT2D eigenvalue weighted by molar-refractivity contribution is 5.95. The Hall–Kier alpha value is -3.14. The zero-order valence-corrected chi connectivity index (χ0v) is 17.5. The van der Waals surface area contributed by atoms with E-state index in [0.29, 0.717) is 23.7 Å². The molecule has 0 aliphatic heterocycles. The lowest BCUT2D eigenvalue weighted by Gasteiger charge is -2.20. The number of amides is 5. The molecule has 1 rings (SSSR count). The smallest absolute Gasteiger partial charge is 0.349 e. The molecule has 1 aromatic carbocycles. The highest BCUT2D eigenvalue weighted by atomic mass is 16.5. The van der Waals surface area contributed by atoms with E-state index in [4.69, 9.17) is 10.5 Å². The molecule has 10 heteroatoms. The normalized spacial score (nSPS) is 11.5. The number of rotatable bonds is 11. The van der Waals surface area contributed by atoms with Crippen molar-refractivity contribution in [3.63, 3.8) is 0 Å². The second-order valence-electron chi connectivity index (χ2n) is 7.21. The predicted molar refractivity (Wildman–Crippen MR) is 109 cm³/mol. The lowest BCUT2D eigenvalue weighted by Crippen LogP contribution is -2.52. The van der Waals surface area contributed by atoms with Crippen molar-refractivity contribution in [2.24, 2.45) is 11.7 Å². The van der Waals surface area contributed by atoms with E-state index in [-0.39, 0.29) is 24.5 Å². The minimum absolute atomic E-state index is 0.0109. The summed E-state index contributed by atoms with van der Waals surface area (Å²) in [6.45, 7) is 3.77. The third-order valence-electron chi connectivity index (χ3n) is 4.21. The van der Waals surface area contributed by atoms with Gasteiger partial charge >= 0.3 is 6.03 Å². The Kier molecular flexibility index (Phi) is 10.3. The number of nitrogens with two attached hydrogens (primary N) is 1. The van der Waals surface area contributed by atoms with Gasteiger partial charge in [0.25, 0.3) is 11.8 Å². The number of nitrogens with one attached hydrogen (secondary N) is 2. The predicted octanol–water partition coefficient (Wildman–Crippen LogP) is 0.962. The minimum atomic E-state index is -1.07. The molecule has 0 aromatic heterocycles. The number of nitrogens with zero attached hydrogens (tertiary/aromatic N) is 1. The standard InChI is InChI=1S/C20H30N4O6/c1-13(2)5-4-6-18(26)24(29)20(28)23-16(19(27)22-3)11-14-7-9-15(10-8-14)30-12-17(21)25/h7-10,13,16,29H,4-6,11-12H2,1-3H3,(H2,21,25)(H,22,27)(H,23,28)/t16-/m0/s1. The van der Waals surface area contributed by atoms with Gasteiger partial charge in [0.05, 0.1) is 0 Å². The Morgan fingerprint density at radius 3 is 2.33 bits per heavy atom. The van der Waals surface area contributed by atoms with E-state index >= 15 is 0 Å². The molecule has 0 bridgehead atoms. The van der Waals surface area contributed by atoms with Crippen LogP contribution in [0.25, 0.3) is 0 Å². The fourth-order valence-corrected chi connectivity index (χ4v) is 2.59. The second kappa shape index (κ2) is 12.4. The van der Waals surface area contributed by atoms with Crippen LogP contribution < -0.4 is 21.1 Å². The van der Waals surface area contributed by atoms with Gasteiger partial charge in [-0.15, -0.1) is 5.06 Å². The van der Waals surface area contributed by atoms with Gasteiger partial charge in [-0.05, 0) is 30.0 Å². The van der Waals surface area contributed by atoms with Crippen molar-refractivity contribution in [3.8, 4) is 5.75 Å². The summed E-state index contributed by atoms with van der Waals surface area (Å²) in [5.74, 6) is -0.998. The third kappa shape index (κ3) is 8.91. The van der Waals surface area contributed by atoms with Crippen LogP contribution >= 0.6 is 0 Å². The summed E-state index contributed by atoms with van der Waals surface area (Å²) in [6, 6.07) is 4.42. The number of primary amides is 1. The fraction of sp³-hybridized carbons (Fsp3) is 0.500. The second-order valence-corrected chi connectivity index (χ2v) is 7.21. The van der Waals surface area contributed by atoms with E-state index < -0.39 is 29.8 Å². The molecule has 0 unspecified atom stereocenters. The molecule has 30 heavy (non-hydrogen) atoms. The van der Waals surface area contributed by atoms with Gasteiger partial charge in [-0.3, -0.25) is 19.6 Å². The van der Waals surface area contributed by atoms with Gasteiger partial charge in [-0.1, -0.05) is 32.4 Å². The van der Waals surface area contributed by atoms with Gasteiger partial charge in [-0.2, -0.15) is 0 Å². The molecule has 1 atom stereocenters. The molecular formula is C20H30N4O6. The first-order chi connectivity index (χ1) is 14.1. The Balaban J connectivity index is 2.71. The maximum atomic E-state index is 12.2. The van der Waals surface area contributed by atoms with E-state index in [1.807, 2.05) is 13.8 Å². The number of benzene rings is 1. The van der Waals surface area contributed by atoms with E-state index in [9.17, 15) is 24.4 Å². The molecular weight excluding hydrogens is 392 g/mol. The Bertz CT molecular complexity index is 735. The maximum absolute atomic E-state index is 12.2. The van der Waals surface area contributed by atoms with E-state index in [1.54, 1.807) is 24.3 Å². The third-order valence-corrected chi connectivity index (χ3v) is 4.21. The van der Waals surface area contributed by atoms with Crippen molar-refractivity contribution in [3.05, 3.63) is 29.8 Å². The van der Waals surface area contributed by atoms with Crippen molar-refractivity contribution in [1.29, 1.82) is 0 Å². The van der Waals surface area contributed by atoms with Gasteiger partial charge in [0.15, 0.2) is 6.61 Å². The summed E-state index contributed by atoms with van der Waals surface area (Å²) in [7, 11) is 1.41. The molecule has 0 fully saturated rings. The van der Waals surface area contributed by atoms with Crippen LogP contribution in [-0.4, -0.2) is 53.7 Å². The summed E-state index contributed by atoms with van der Waals surface area (Å²) in [5.41, 5.74) is 5.70. The van der Waals surface area contributed by atoms with Crippen molar-refractivity contribution >= 4 is 23.8 Å². The molecule has 0 saturated carbocycles. The SMILES string of the molecule is CNC(=O)[C@H](Cc1ccc(OCC(N)=O)cc1)NC(=O)N(O)C(=O)CCCC(C)C. The average molecular weight is 422 g/mol. The molecule has 166 valence electrons. The van der Waals surface area contributed by atoms with Crippen LogP contribution in [-0.2, 0) is 20.8 Å². The molecule has 5 N–H and O–H groups in total. The van der Waals surface area contributed by atoms with Crippen LogP contribution in [0.15, 0.2) is 24.3 Å². The van der Waals surface area contributed by atoms with E-state index in [1.165, 1.54) is 7.05 Å². The van der Waals surface area contributed by atoms with Crippen molar-refractivity contribution < 1.29 is 29.1 Å². The molecule has 0 aliphatic rings. The number of carbonyl (C=O) groups excluding carboxylic acids is 4. The molecule has 5 amide bonds. The molecule has 0 radical (unpaired) electrons. The number of likely N-dealkylation sites (N-methyl/N-ethyl adjacent to an activating group) is 1. The Morgan fingerprint density at radius 2 is 1.80 bits per heavy atom. The van der Waals surface area contributed by atoms with Crippen LogP contribution in [0.3, 0.4) is 0 Å².